The van der Waals surface area contributed by atoms with E-state index >= 15 is 0 Å². The Balaban J connectivity index is 1.59. The first-order valence-corrected chi connectivity index (χ1v) is 8.42. The van der Waals surface area contributed by atoms with Gasteiger partial charge in [-0.15, -0.1) is 10.2 Å². The van der Waals surface area contributed by atoms with Crippen molar-refractivity contribution in [2.45, 2.75) is 44.3 Å². The molecule has 2 fully saturated rings. The number of hydrogen-bond donors (Lipinski definition) is 0. The lowest BCUT2D eigenvalue weighted by Gasteiger charge is -2.24. The number of rotatable bonds is 3. The molecule has 134 valence electrons. The highest BCUT2D eigenvalue weighted by atomic mass is 19.4. The van der Waals surface area contributed by atoms with Crippen molar-refractivity contribution < 1.29 is 17.6 Å². The zero-order valence-electron chi connectivity index (χ0n) is 13.9. The Morgan fingerprint density at radius 3 is 2.92 bits per heavy atom. The topological polar surface area (TPSA) is 55.1 Å². The molecule has 0 amide bonds. The van der Waals surface area contributed by atoms with E-state index < -0.39 is 11.7 Å². The van der Waals surface area contributed by atoms with Crippen molar-refractivity contribution in [3.8, 4) is 0 Å². The number of hydrogen-bond acceptors (Lipinski definition) is 5. The number of aromatic nitrogens is 3. The summed E-state index contributed by atoms with van der Waals surface area (Å²) in [7, 11) is 0. The number of alkyl halides is 3. The summed E-state index contributed by atoms with van der Waals surface area (Å²) in [6, 6.07) is 2.42. The first kappa shape index (κ1) is 16.5. The average molecular weight is 352 g/mol. The second kappa shape index (κ2) is 5.79. The summed E-state index contributed by atoms with van der Waals surface area (Å²) in [6.45, 7) is 3.30. The molecule has 4 rings (SSSR count). The van der Waals surface area contributed by atoms with Gasteiger partial charge in [-0.05, 0) is 30.9 Å². The predicted octanol–water partition coefficient (Wildman–Crippen LogP) is 3.35. The highest BCUT2D eigenvalue weighted by Crippen LogP contribution is 2.50. The minimum Gasteiger partial charge on any atom is -0.425 e. The molecule has 25 heavy (non-hydrogen) atoms. The third-order valence-electron chi connectivity index (χ3n) is 5.46. The van der Waals surface area contributed by atoms with Crippen LogP contribution in [0.1, 0.15) is 42.3 Å². The molecule has 0 radical (unpaired) electrons. The zero-order chi connectivity index (χ0) is 17.7. The van der Waals surface area contributed by atoms with Gasteiger partial charge < -0.3 is 4.42 Å². The van der Waals surface area contributed by atoms with E-state index in [1.165, 1.54) is 12.3 Å². The van der Waals surface area contributed by atoms with Gasteiger partial charge in [0.05, 0.1) is 16.7 Å². The van der Waals surface area contributed by atoms with Crippen LogP contribution in [0.2, 0.25) is 0 Å². The Morgan fingerprint density at radius 1 is 1.36 bits per heavy atom. The normalized spacial score (nSPS) is 27.0. The lowest BCUT2D eigenvalue weighted by Crippen LogP contribution is -2.32. The molecule has 1 aliphatic heterocycles. The Bertz CT molecular complexity index is 775. The molecule has 0 bridgehead atoms. The summed E-state index contributed by atoms with van der Waals surface area (Å²) in [5.74, 6) is 1.50. The van der Waals surface area contributed by atoms with Crippen LogP contribution >= 0.6 is 0 Å². The minimum absolute atomic E-state index is 0.0758. The van der Waals surface area contributed by atoms with Gasteiger partial charge in [-0.1, -0.05) is 6.42 Å². The van der Waals surface area contributed by atoms with Gasteiger partial charge in [0.15, 0.2) is 0 Å². The first-order chi connectivity index (χ1) is 11.9. The van der Waals surface area contributed by atoms with E-state index in [1.807, 2.05) is 4.90 Å². The van der Waals surface area contributed by atoms with Crippen molar-refractivity contribution in [3.63, 3.8) is 0 Å². The molecule has 8 heteroatoms. The van der Waals surface area contributed by atoms with E-state index in [4.69, 9.17) is 4.42 Å². The summed E-state index contributed by atoms with van der Waals surface area (Å²) < 4.78 is 45.3. The van der Waals surface area contributed by atoms with E-state index in [0.29, 0.717) is 24.2 Å². The van der Waals surface area contributed by atoms with Gasteiger partial charge >= 0.3 is 6.18 Å². The van der Waals surface area contributed by atoms with Gasteiger partial charge in [0.25, 0.3) is 0 Å². The standard InChI is InChI=1S/C17H19F3N4O/c1-11-22-23-15(25-11)16-6-2-4-12(16)8-24(10-16)9-14-13(17(18,19)20)5-3-7-21-14/h3,5,7,12H,2,4,6,8-10H2,1H3/t12-,16-/m0/s1. The smallest absolute Gasteiger partial charge is 0.418 e. The fourth-order valence-electron chi connectivity index (χ4n) is 4.40. The van der Waals surface area contributed by atoms with Crippen molar-refractivity contribution in [1.29, 1.82) is 0 Å². The highest BCUT2D eigenvalue weighted by molar-refractivity contribution is 5.24. The third kappa shape index (κ3) is 2.82. The zero-order valence-corrected chi connectivity index (χ0v) is 13.9. The van der Waals surface area contributed by atoms with E-state index in [1.54, 1.807) is 6.92 Å². The minimum atomic E-state index is -4.39. The number of fused-ring (bicyclic) bond motifs is 1. The van der Waals surface area contributed by atoms with Crippen molar-refractivity contribution in [1.82, 2.24) is 20.1 Å². The fraction of sp³-hybridized carbons (Fsp3) is 0.588. The molecule has 0 spiro atoms. The molecular formula is C17H19F3N4O. The maximum Gasteiger partial charge on any atom is 0.418 e. The second-order valence-corrected chi connectivity index (χ2v) is 7.04. The number of pyridine rings is 1. The van der Waals surface area contributed by atoms with Crippen LogP contribution in [0.4, 0.5) is 13.2 Å². The maximum atomic E-state index is 13.2. The van der Waals surface area contributed by atoms with Crippen molar-refractivity contribution in [3.05, 3.63) is 41.4 Å². The molecule has 2 aromatic rings. The molecule has 1 aliphatic carbocycles. The lowest BCUT2D eigenvalue weighted by molar-refractivity contribution is -0.138. The molecule has 2 atom stereocenters. The van der Waals surface area contributed by atoms with Crippen LogP contribution in [0, 0.1) is 12.8 Å². The van der Waals surface area contributed by atoms with Crippen LogP contribution in [0.25, 0.3) is 0 Å². The highest BCUT2D eigenvalue weighted by Gasteiger charge is 2.54. The molecule has 2 aliphatic rings. The van der Waals surface area contributed by atoms with Crippen LogP contribution in [0.3, 0.4) is 0 Å². The monoisotopic (exact) mass is 352 g/mol. The van der Waals surface area contributed by atoms with Gasteiger partial charge in [-0.2, -0.15) is 13.2 Å². The van der Waals surface area contributed by atoms with E-state index in [0.717, 1.165) is 31.9 Å². The molecule has 1 saturated carbocycles. The van der Waals surface area contributed by atoms with Crippen molar-refractivity contribution in [2.75, 3.05) is 13.1 Å². The van der Waals surface area contributed by atoms with Crippen LogP contribution in [0.5, 0.6) is 0 Å². The average Bonchev–Trinajstić information content (AvgIpc) is 3.21. The van der Waals surface area contributed by atoms with Crippen LogP contribution in [0.15, 0.2) is 22.7 Å². The molecule has 0 aromatic carbocycles. The molecule has 1 saturated heterocycles. The number of aryl methyl sites for hydroxylation is 1. The van der Waals surface area contributed by atoms with Gasteiger partial charge in [0.1, 0.15) is 0 Å². The van der Waals surface area contributed by atoms with Gasteiger partial charge in [-0.3, -0.25) is 9.88 Å². The van der Waals surface area contributed by atoms with E-state index in [2.05, 4.69) is 15.2 Å². The second-order valence-electron chi connectivity index (χ2n) is 7.04. The fourth-order valence-corrected chi connectivity index (χ4v) is 4.40. The Labute approximate surface area is 143 Å². The summed E-state index contributed by atoms with van der Waals surface area (Å²) in [5.41, 5.74) is -0.810. The van der Waals surface area contributed by atoms with Crippen LogP contribution < -0.4 is 0 Å². The Morgan fingerprint density at radius 2 is 2.20 bits per heavy atom. The maximum absolute atomic E-state index is 13.2. The Hall–Kier alpha value is -1.96. The number of halogens is 3. The van der Waals surface area contributed by atoms with E-state index in [-0.39, 0.29) is 17.7 Å². The van der Waals surface area contributed by atoms with Gasteiger partial charge in [-0.25, -0.2) is 0 Å². The number of nitrogens with zero attached hydrogens (tertiary/aromatic N) is 4. The molecule has 0 unspecified atom stereocenters. The van der Waals surface area contributed by atoms with Gasteiger partial charge in [0, 0.05) is 32.8 Å². The summed E-state index contributed by atoms with van der Waals surface area (Å²) in [6.07, 6.45) is 0.0762. The first-order valence-electron chi connectivity index (χ1n) is 8.42. The molecule has 3 heterocycles. The van der Waals surface area contributed by atoms with Crippen molar-refractivity contribution in [2.24, 2.45) is 5.92 Å². The molecule has 0 N–H and O–H groups in total. The van der Waals surface area contributed by atoms with Crippen molar-refractivity contribution >= 4 is 0 Å². The summed E-state index contributed by atoms with van der Waals surface area (Å²) in [5, 5.41) is 8.17. The molecule has 5 nitrogen and oxygen atoms in total. The summed E-state index contributed by atoms with van der Waals surface area (Å²) >= 11 is 0. The lowest BCUT2D eigenvalue weighted by atomic mass is 9.80. The van der Waals surface area contributed by atoms with Crippen LogP contribution in [-0.2, 0) is 18.1 Å². The number of likely N-dealkylation sites (tertiary alicyclic amines) is 1. The van der Waals surface area contributed by atoms with Gasteiger partial charge in [0.2, 0.25) is 11.8 Å². The predicted molar refractivity (Wildman–Crippen MR) is 82.6 cm³/mol. The third-order valence-corrected chi connectivity index (χ3v) is 5.46. The molecular weight excluding hydrogens is 333 g/mol. The SMILES string of the molecule is Cc1nnc([C@]23CCC[C@H]2CN(Cc2ncccc2C(F)(F)F)C3)o1. The van der Waals surface area contributed by atoms with Crippen LogP contribution in [-0.4, -0.2) is 33.2 Å². The quantitative estimate of drug-likeness (QED) is 0.848. The Kier molecular flexibility index (Phi) is 3.82. The van der Waals surface area contributed by atoms with E-state index in [9.17, 15) is 13.2 Å². The largest absolute Gasteiger partial charge is 0.425 e. The molecule has 2 aromatic heterocycles. The summed E-state index contributed by atoms with van der Waals surface area (Å²) in [4.78, 5) is 6.03.